The first-order valence-electron chi connectivity index (χ1n) is 10.9. The van der Waals surface area contributed by atoms with Gasteiger partial charge in [-0.15, -0.1) is 0 Å². The van der Waals surface area contributed by atoms with Crippen LogP contribution in [0.15, 0.2) is 23.1 Å². The van der Waals surface area contributed by atoms with Crippen LogP contribution in [0.4, 0.5) is 4.79 Å². The second-order valence-corrected chi connectivity index (χ2v) is 10.2. The Kier molecular flexibility index (Phi) is 7.82. The number of urea groups is 1. The molecule has 3 amide bonds. The number of rotatable bonds is 5. The third-order valence-corrected chi connectivity index (χ3v) is 8.22. The summed E-state index contributed by atoms with van der Waals surface area (Å²) in [7, 11) is -3.66. The Morgan fingerprint density at radius 3 is 2.10 bits per heavy atom. The number of amides is 3. The molecule has 172 valence electrons. The average Bonchev–Trinajstić information content (AvgIpc) is 2.80. The molecule has 1 aromatic rings. The predicted molar refractivity (Wildman–Crippen MR) is 120 cm³/mol. The number of piperidine rings is 1. The number of nitrogens with zero attached hydrogens (tertiary/aromatic N) is 4. The topological polar surface area (TPSA) is 81.2 Å². The first-order valence-corrected chi connectivity index (χ1v) is 12.7. The van der Waals surface area contributed by atoms with Crippen molar-refractivity contribution in [1.82, 2.24) is 19.0 Å². The summed E-state index contributed by atoms with van der Waals surface area (Å²) in [6.45, 7) is 7.78. The van der Waals surface area contributed by atoms with Gasteiger partial charge in [-0.1, -0.05) is 18.0 Å². The molecule has 0 bridgehead atoms. The van der Waals surface area contributed by atoms with Crippen LogP contribution < -0.4 is 0 Å². The molecule has 2 heterocycles. The van der Waals surface area contributed by atoms with Gasteiger partial charge in [-0.3, -0.25) is 4.79 Å². The van der Waals surface area contributed by atoms with Gasteiger partial charge in [0.2, 0.25) is 10.0 Å². The molecule has 3 rings (SSSR count). The van der Waals surface area contributed by atoms with Gasteiger partial charge in [0.05, 0.1) is 15.5 Å². The summed E-state index contributed by atoms with van der Waals surface area (Å²) in [5.74, 6) is -0.310. The molecule has 0 radical (unpaired) electrons. The van der Waals surface area contributed by atoms with Crippen LogP contribution >= 0.6 is 11.6 Å². The van der Waals surface area contributed by atoms with E-state index < -0.39 is 10.0 Å². The predicted octanol–water partition coefficient (Wildman–Crippen LogP) is 2.73. The monoisotopic (exact) mass is 470 g/mol. The van der Waals surface area contributed by atoms with Gasteiger partial charge in [-0.25, -0.2) is 13.2 Å². The lowest BCUT2D eigenvalue weighted by Crippen LogP contribution is -2.54. The molecule has 0 saturated carbocycles. The molecule has 8 nitrogen and oxygen atoms in total. The summed E-state index contributed by atoms with van der Waals surface area (Å²) < 4.78 is 27.5. The van der Waals surface area contributed by atoms with Gasteiger partial charge in [-0.05, 0) is 44.9 Å². The van der Waals surface area contributed by atoms with Crippen LogP contribution in [0.2, 0.25) is 5.02 Å². The van der Waals surface area contributed by atoms with Crippen LogP contribution in [-0.4, -0.2) is 91.7 Å². The SMILES string of the molecule is CCN(CC)C(=O)N1CCN(C(=O)c2cc(S(=O)(=O)N3CCCCC3)ccc2Cl)CC1. The zero-order chi connectivity index (χ0) is 22.6. The number of piperazine rings is 1. The molecular weight excluding hydrogens is 440 g/mol. The Labute approximate surface area is 189 Å². The van der Waals surface area contributed by atoms with E-state index in [1.807, 2.05) is 13.8 Å². The van der Waals surface area contributed by atoms with Gasteiger partial charge in [0, 0.05) is 52.4 Å². The summed E-state index contributed by atoms with van der Waals surface area (Å²) in [6.07, 6.45) is 2.71. The summed E-state index contributed by atoms with van der Waals surface area (Å²) in [5, 5.41) is 0.226. The molecule has 2 aliphatic rings. The molecule has 0 aromatic heterocycles. The van der Waals surface area contributed by atoms with E-state index in [4.69, 9.17) is 11.6 Å². The molecule has 0 N–H and O–H groups in total. The number of carbonyl (C=O) groups excluding carboxylic acids is 2. The second-order valence-electron chi connectivity index (χ2n) is 7.84. The summed E-state index contributed by atoms with van der Waals surface area (Å²) in [5.41, 5.74) is 0.184. The largest absolute Gasteiger partial charge is 0.335 e. The minimum atomic E-state index is -3.66. The molecule has 0 spiro atoms. The molecule has 0 atom stereocenters. The highest BCUT2D eigenvalue weighted by molar-refractivity contribution is 7.89. The lowest BCUT2D eigenvalue weighted by molar-refractivity contribution is 0.0641. The lowest BCUT2D eigenvalue weighted by atomic mass is 10.2. The fraction of sp³-hybridized carbons (Fsp3) is 0.619. The number of halogens is 1. The van der Waals surface area contributed by atoms with Crippen molar-refractivity contribution in [2.24, 2.45) is 0 Å². The van der Waals surface area contributed by atoms with E-state index in [9.17, 15) is 18.0 Å². The average molecular weight is 471 g/mol. The zero-order valence-electron chi connectivity index (χ0n) is 18.2. The highest BCUT2D eigenvalue weighted by Gasteiger charge is 2.30. The van der Waals surface area contributed by atoms with Crippen molar-refractivity contribution in [2.45, 2.75) is 38.0 Å². The molecule has 31 heavy (non-hydrogen) atoms. The van der Waals surface area contributed by atoms with Crippen molar-refractivity contribution in [3.8, 4) is 0 Å². The minimum Gasteiger partial charge on any atom is -0.335 e. The Balaban J connectivity index is 1.72. The summed E-state index contributed by atoms with van der Waals surface area (Å²) in [4.78, 5) is 30.9. The van der Waals surface area contributed by atoms with Crippen molar-refractivity contribution >= 4 is 33.6 Å². The maximum absolute atomic E-state index is 13.1. The molecule has 2 aliphatic heterocycles. The van der Waals surface area contributed by atoms with Gasteiger partial charge in [0.25, 0.3) is 5.91 Å². The van der Waals surface area contributed by atoms with Crippen LogP contribution in [-0.2, 0) is 10.0 Å². The molecule has 1 aromatic carbocycles. The Morgan fingerprint density at radius 2 is 1.52 bits per heavy atom. The van der Waals surface area contributed by atoms with Crippen LogP contribution in [0, 0.1) is 0 Å². The standard InChI is InChI=1S/C21H31ClN4O4S/c1-3-23(4-2)21(28)25-14-12-24(13-15-25)20(27)18-16-17(8-9-19(18)22)31(29,30)26-10-6-5-7-11-26/h8-9,16H,3-7,10-15H2,1-2H3. The van der Waals surface area contributed by atoms with Crippen LogP contribution in [0.1, 0.15) is 43.5 Å². The third kappa shape index (κ3) is 5.15. The molecule has 2 saturated heterocycles. The normalized spacial score (nSPS) is 18.2. The van der Waals surface area contributed by atoms with E-state index in [2.05, 4.69) is 0 Å². The summed E-state index contributed by atoms with van der Waals surface area (Å²) in [6, 6.07) is 4.31. The number of hydrogen-bond acceptors (Lipinski definition) is 4. The molecular formula is C21H31ClN4O4S. The van der Waals surface area contributed by atoms with Crippen molar-refractivity contribution in [2.75, 3.05) is 52.4 Å². The van der Waals surface area contributed by atoms with Gasteiger partial charge < -0.3 is 14.7 Å². The van der Waals surface area contributed by atoms with Crippen molar-refractivity contribution in [3.63, 3.8) is 0 Å². The van der Waals surface area contributed by atoms with Crippen LogP contribution in [0.3, 0.4) is 0 Å². The Hall–Kier alpha value is -1.84. The van der Waals surface area contributed by atoms with Gasteiger partial charge in [-0.2, -0.15) is 4.31 Å². The number of sulfonamides is 1. The first kappa shape index (κ1) is 23.8. The quantitative estimate of drug-likeness (QED) is 0.662. The smallest absolute Gasteiger partial charge is 0.320 e. The molecule has 0 aliphatic carbocycles. The van der Waals surface area contributed by atoms with Gasteiger partial charge >= 0.3 is 6.03 Å². The highest BCUT2D eigenvalue weighted by Crippen LogP contribution is 2.26. The highest BCUT2D eigenvalue weighted by atomic mass is 35.5. The van der Waals surface area contributed by atoms with E-state index in [1.54, 1.807) is 14.7 Å². The van der Waals surface area contributed by atoms with E-state index in [0.29, 0.717) is 52.4 Å². The van der Waals surface area contributed by atoms with Crippen molar-refractivity contribution in [3.05, 3.63) is 28.8 Å². The maximum Gasteiger partial charge on any atom is 0.320 e. The van der Waals surface area contributed by atoms with E-state index in [0.717, 1.165) is 19.3 Å². The van der Waals surface area contributed by atoms with E-state index in [-0.39, 0.29) is 27.4 Å². The molecule has 0 unspecified atom stereocenters. The molecule has 10 heteroatoms. The fourth-order valence-corrected chi connectivity index (χ4v) is 5.79. The minimum absolute atomic E-state index is 0.0234. The van der Waals surface area contributed by atoms with Gasteiger partial charge in [0.15, 0.2) is 0 Å². The lowest BCUT2D eigenvalue weighted by Gasteiger charge is -2.37. The third-order valence-electron chi connectivity index (χ3n) is 5.99. The van der Waals surface area contributed by atoms with Crippen molar-refractivity contribution < 1.29 is 18.0 Å². The zero-order valence-corrected chi connectivity index (χ0v) is 19.8. The number of hydrogen-bond donors (Lipinski definition) is 0. The van der Waals surface area contributed by atoms with Crippen molar-refractivity contribution in [1.29, 1.82) is 0 Å². The Bertz CT molecular complexity index is 906. The van der Waals surface area contributed by atoms with Crippen LogP contribution in [0.25, 0.3) is 0 Å². The summed E-state index contributed by atoms with van der Waals surface area (Å²) >= 11 is 6.28. The van der Waals surface area contributed by atoms with Gasteiger partial charge in [0.1, 0.15) is 0 Å². The number of carbonyl (C=O) groups is 2. The maximum atomic E-state index is 13.1. The molecule has 2 fully saturated rings. The second kappa shape index (κ2) is 10.2. The number of benzene rings is 1. The fourth-order valence-electron chi connectivity index (χ4n) is 4.05. The van der Waals surface area contributed by atoms with Crippen LogP contribution in [0.5, 0.6) is 0 Å². The van der Waals surface area contributed by atoms with E-state index in [1.165, 1.54) is 22.5 Å². The first-order chi connectivity index (χ1) is 14.8. The Morgan fingerprint density at radius 1 is 0.935 bits per heavy atom. The van der Waals surface area contributed by atoms with E-state index >= 15 is 0 Å².